The summed E-state index contributed by atoms with van der Waals surface area (Å²) in [7, 11) is 0. The van der Waals surface area contributed by atoms with Crippen LogP contribution in [0, 0.1) is 0 Å². The normalized spacial score (nSPS) is 19.0. The molecule has 3 heterocycles. The third-order valence-corrected chi connectivity index (χ3v) is 7.47. The van der Waals surface area contributed by atoms with E-state index in [2.05, 4.69) is 5.32 Å². The van der Waals surface area contributed by atoms with Crippen molar-refractivity contribution in [2.45, 2.75) is 58.0 Å². The van der Waals surface area contributed by atoms with E-state index < -0.39 is 6.29 Å². The smallest absolute Gasteiger partial charge is 0.286 e. The molecule has 2 atom stereocenters. The summed E-state index contributed by atoms with van der Waals surface area (Å²) < 4.78 is 13.8. The minimum atomic E-state index is -0.685. The number of benzene rings is 2. The number of aromatic nitrogens is 1. The summed E-state index contributed by atoms with van der Waals surface area (Å²) in [5.41, 5.74) is 3.47. The van der Waals surface area contributed by atoms with E-state index in [1.54, 1.807) is 4.57 Å². The highest BCUT2D eigenvalue weighted by molar-refractivity contribution is 5.95. The first-order valence-electron chi connectivity index (χ1n) is 13.8. The SMILES string of the molecule is CC(=O)n1cc([C@H]2C=C(C(=O)NCCCN3CCCC3=O)O[C@@H](OCc3ccc(CO)cc3)C2)c2ccccc21. The fourth-order valence-electron chi connectivity index (χ4n) is 5.33. The number of rotatable bonds is 10. The largest absolute Gasteiger partial charge is 0.459 e. The summed E-state index contributed by atoms with van der Waals surface area (Å²) in [5.74, 6) is -0.304. The second-order valence-electron chi connectivity index (χ2n) is 10.3. The monoisotopic (exact) mass is 545 g/mol. The topological polar surface area (TPSA) is 110 Å². The van der Waals surface area contributed by atoms with E-state index in [1.165, 1.54) is 6.92 Å². The van der Waals surface area contributed by atoms with Crippen LogP contribution < -0.4 is 5.32 Å². The van der Waals surface area contributed by atoms with Crippen LogP contribution in [0.2, 0.25) is 0 Å². The molecular weight excluding hydrogens is 510 g/mol. The van der Waals surface area contributed by atoms with Crippen molar-refractivity contribution in [1.82, 2.24) is 14.8 Å². The quantitative estimate of drug-likeness (QED) is 0.375. The van der Waals surface area contributed by atoms with Gasteiger partial charge >= 0.3 is 0 Å². The first kappa shape index (κ1) is 27.6. The molecule has 2 aromatic carbocycles. The summed E-state index contributed by atoms with van der Waals surface area (Å²) in [5, 5.41) is 13.2. The fourth-order valence-corrected chi connectivity index (χ4v) is 5.33. The van der Waals surface area contributed by atoms with Gasteiger partial charge < -0.3 is 24.8 Å². The molecule has 0 aliphatic carbocycles. The standard InChI is InChI=1S/C31H35N3O6/c1-21(36)34-18-26(25-6-2-3-7-27(25)34)24-16-28(31(38)32-13-5-15-33-14-4-8-29(33)37)40-30(17-24)39-20-23-11-9-22(19-35)10-12-23/h2-3,6-7,9-12,16,18,24,30,35H,4-5,8,13-15,17,19-20H2,1H3,(H,32,38)/t24-,30+/m0/s1. The van der Waals surface area contributed by atoms with Gasteiger partial charge in [0.25, 0.3) is 5.91 Å². The van der Waals surface area contributed by atoms with Gasteiger partial charge in [0.1, 0.15) is 0 Å². The van der Waals surface area contributed by atoms with E-state index in [0.29, 0.717) is 32.4 Å². The van der Waals surface area contributed by atoms with E-state index in [1.807, 2.05) is 65.7 Å². The molecule has 1 saturated heterocycles. The molecule has 1 fully saturated rings. The Balaban J connectivity index is 1.33. The Labute approximate surface area is 233 Å². The van der Waals surface area contributed by atoms with Gasteiger partial charge in [0.15, 0.2) is 5.76 Å². The molecule has 2 aliphatic rings. The number of nitrogens with one attached hydrogen (secondary N) is 1. The molecule has 0 saturated carbocycles. The van der Waals surface area contributed by atoms with E-state index in [9.17, 15) is 19.5 Å². The number of likely N-dealkylation sites (tertiary alicyclic amines) is 1. The Morgan fingerprint density at radius 1 is 1.12 bits per heavy atom. The molecular formula is C31H35N3O6. The third-order valence-electron chi connectivity index (χ3n) is 7.47. The predicted octanol–water partition coefficient (Wildman–Crippen LogP) is 3.85. The molecule has 9 heteroatoms. The number of carbonyl (C=O) groups is 3. The van der Waals surface area contributed by atoms with Gasteiger partial charge in [-0.25, -0.2) is 0 Å². The van der Waals surface area contributed by atoms with E-state index in [0.717, 1.165) is 40.6 Å². The molecule has 0 bridgehead atoms. The minimum absolute atomic E-state index is 0.0278. The first-order chi connectivity index (χ1) is 19.4. The number of allylic oxidation sites excluding steroid dienone is 1. The molecule has 0 spiro atoms. The Morgan fingerprint density at radius 2 is 1.90 bits per heavy atom. The van der Waals surface area contributed by atoms with Gasteiger partial charge in [-0.05, 0) is 41.7 Å². The van der Waals surface area contributed by atoms with Gasteiger partial charge in [-0.1, -0.05) is 42.5 Å². The Hall–Kier alpha value is -3.95. The highest BCUT2D eigenvalue weighted by atomic mass is 16.7. The summed E-state index contributed by atoms with van der Waals surface area (Å²) >= 11 is 0. The number of nitrogens with zero attached hydrogens (tertiary/aromatic N) is 2. The Morgan fingerprint density at radius 3 is 2.62 bits per heavy atom. The van der Waals surface area contributed by atoms with Crippen molar-refractivity contribution in [3.63, 3.8) is 0 Å². The number of carbonyl (C=O) groups excluding carboxylic acids is 3. The van der Waals surface area contributed by atoms with E-state index in [4.69, 9.17) is 9.47 Å². The van der Waals surface area contributed by atoms with Crippen molar-refractivity contribution in [1.29, 1.82) is 0 Å². The van der Waals surface area contributed by atoms with Crippen molar-refractivity contribution in [3.8, 4) is 0 Å². The molecule has 2 aliphatic heterocycles. The van der Waals surface area contributed by atoms with Crippen LogP contribution in [0.15, 0.2) is 66.6 Å². The number of amides is 2. The highest BCUT2D eigenvalue weighted by Crippen LogP contribution is 2.36. The van der Waals surface area contributed by atoms with Gasteiger partial charge in [-0.3, -0.25) is 19.0 Å². The molecule has 5 rings (SSSR count). The molecule has 2 amide bonds. The minimum Gasteiger partial charge on any atom is -0.459 e. The zero-order chi connectivity index (χ0) is 28.1. The summed E-state index contributed by atoms with van der Waals surface area (Å²) in [6.45, 7) is 3.58. The maximum Gasteiger partial charge on any atom is 0.286 e. The molecule has 0 unspecified atom stereocenters. The third kappa shape index (κ3) is 6.26. The maximum absolute atomic E-state index is 13.2. The zero-order valence-electron chi connectivity index (χ0n) is 22.7. The number of hydrogen-bond donors (Lipinski definition) is 2. The second kappa shape index (κ2) is 12.5. The van der Waals surface area contributed by atoms with Gasteiger partial charge in [-0.2, -0.15) is 0 Å². The van der Waals surface area contributed by atoms with Crippen molar-refractivity contribution >= 4 is 28.6 Å². The average molecular weight is 546 g/mol. The highest BCUT2D eigenvalue weighted by Gasteiger charge is 2.31. The second-order valence-corrected chi connectivity index (χ2v) is 10.3. The number of ether oxygens (including phenoxy) is 2. The number of para-hydroxylation sites is 1. The lowest BCUT2D eigenvalue weighted by Gasteiger charge is -2.29. The zero-order valence-corrected chi connectivity index (χ0v) is 22.7. The number of fused-ring (bicyclic) bond motifs is 1. The molecule has 1 aromatic heterocycles. The van der Waals surface area contributed by atoms with Gasteiger partial charge in [0.05, 0.1) is 18.7 Å². The van der Waals surface area contributed by atoms with Crippen LogP contribution in [0.1, 0.15) is 60.0 Å². The lowest BCUT2D eigenvalue weighted by atomic mass is 9.92. The molecule has 9 nitrogen and oxygen atoms in total. The number of aliphatic hydroxyl groups is 1. The van der Waals surface area contributed by atoms with Crippen LogP contribution in [-0.2, 0) is 32.3 Å². The number of hydrogen-bond acceptors (Lipinski definition) is 6. The summed E-state index contributed by atoms with van der Waals surface area (Å²) in [6, 6.07) is 15.2. The van der Waals surface area contributed by atoms with E-state index in [-0.39, 0.29) is 42.6 Å². The van der Waals surface area contributed by atoms with Crippen LogP contribution in [0.4, 0.5) is 0 Å². The molecule has 2 N–H and O–H groups in total. The fraction of sp³-hybridized carbons (Fsp3) is 0.387. The molecule has 3 aromatic rings. The Bertz CT molecular complexity index is 1410. The van der Waals surface area contributed by atoms with Crippen molar-refractivity contribution in [3.05, 3.63) is 83.3 Å². The van der Waals surface area contributed by atoms with Crippen molar-refractivity contribution < 1.29 is 29.0 Å². The molecule has 210 valence electrons. The van der Waals surface area contributed by atoms with E-state index >= 15 is 0 Å². The maximum atomic E-state index is 13.2. The lowest BCUT2D eigenvalue weighted by molar-refractivity contribution is -0.150. The van der Waals surface area contributed by atoms with Crippen LogP contribution in [-0.4, -0.2) is 58.2 Å². The van der Waals surface area contributed by atoms with Crippen LogP contribution in [0.5, 0.6) is 0 Å². The van der Waals surface area contributed by atoms with Crippen molar-refractivity contribution in [2.24, 2.45) is 0 Å². The summed E-state index contributed by atoms with van der Waals surface area (Å²) in [6.07, 6.45) is 5.57. The van der Waals surface area contributed by atoms with Gasteiger partial charge in [0, 0.05) is 56.9 Å². The first-order valence-corrected chi connectivity index (χ1v) is 13.8. The van der Waals surface area contributed by atoms with Crippen LogP contribution in [0.3, 0.4) is 0 Å². The molecule has 40 heavy (non-hydrogen) atoms. The van der Waals surface area contributed by atoms with Crippen LogP contribution >= 0.6 is 0 Å². The lowest BCUT2D eigenvalue weighted by Crippen LogP contribution is -2.34. The van der Waals surface area contributed by atoms with Gasteiger partial charge in [-0.15, -0.1) is 0 Å². The Kier molecular flexibility index (Phi) is 8.62. The average Bonchev–Trinajstić information content (AvgIpc) is 3.57. The summed E-state index contributed by atoms with van der Waals surface area (Å²) in [4.78, 5) is 39.2. The van der Waals surface area contributed by atoms with Crippen LogP contribution in [0.25, 0.3) is 10.9 Å². The molecule has 0 radical (unpaired) electrons. The van der Waals surface area contributed by atoms with Gasteiger partial charge in [0.2, 0.25) is 18.1 Å². The number of aliphatic hydroxyl groups excluding tert-OH is 1. The van der Waals surface area contributed by atoms with Crippen molar-refractivity contribution in [2.75, 3.05) is 19.6 Å². The predicted molar refractivity (Wildman–Crippen MR) is 149 cm³/mol.